The highest BCUT2D eigenvalue weighted by Crippen LogP contribution is 2.22. The predicted octanol–water partition coefficient (Wildman–Crippen LogP) is 2.33. The molecule has 2 rings (SSSR count). The number of benzene rings is 1. The normalized spacial score (nSPS) is 10.5. The lowest BCUT2D eigenvalue weighted by Gasteiger charge is -2.19. The van der Waals surface area contributed by atoms with Gasteiger partial charge in [0.15, 0.2) is 0 Å². The smallest absolute Gasteiger partial charge is 0.139 e. The van der Waals surface area contributed by atoms with Crippen LogP contribution in [0.1, 0.15) is 12.5 Å². The van der Waals surface area contributed by atoms with Gasteiger partial charge in [-0.1, -0.05) is 30.4 Å². The molecule has 0 atom stereocenters. The Balaban J connectivity index is 2.70. The lowest BCUT2D eigenvalue weighted by atomic mass is 10.1. The van der Waals surface area contributed by atoms with Gasteiger partial charge in [-0.25, -0.2) is 4.98 Å². The van der Waals surface area contributed by atoms with Crippen molar-refractivity contribution in [1.29, 1.82) is 0 Å². The second-order valence-electron chi connectivity index (χ2n) is 3.93. The molecular formula is C13H15N3S. The van der Waals surface area contributed by atoms with Crippen LogP contribution in [0, 0.1) is 0 Å². The third-order valence-electron chi connectivity index (χ3n) is 2.81. The molecule has 1 heterocycles. The Morgan fingerprint density at radius 3 is 2.76 bits per heavy atom. The Labute approximate surface area is 106 Å². The zero-order valence-electron chi connectivity index (χ0n) is 9.97. The van der Waals surface area contributed by atoms with Crippen LogP contribution in [0.25, 0.3) is 10.9 Å². The third-order valence-corrected chi connectivity index (χ3v) is 3.03. The summed E-state index contributed by atoms with van der Waals surface area (Å²) in [5.74, 6) is 0.846. The summed E-state index contributed by atoms with van der Waals surface area (Å²) in [5, 5.41) is 1.06. The average Bonchev–Trinajstić information content (AvgIpc) is 2.36. The summed E-state index contributed by atoms with van der Waals surface area (Å²) < 4.78 is 0. The number of fused-ring (bicyclic) bond motifs is 1. The van der Waals surface area contributed by atoms with Crippen LogP contribution in [0.4, 0.5) is 5.82 Å². The first-order valence-electron chi connectivity index (χ1n) is 5.54. The van der Waals surface area contributed by atoms with Gasteiger partial charge < -0.3 is 10.6 Å². The molecule has 0 saturated carbocycles. The second kappa shape index (κ2) is 4.67. The number of nitrogens with zero attached hydrogens (tertiary/aromatic N) is 2. The molecule has 3 nitrogen and oxygen atoms in total. The molecule has 1 aromatic carbocycles. The van der Waals surface area contributed by atoms with Crippen LogP contribution in [0.2, 0.25) is 0 Å². The summed E-state index contributed by atoms with van der Waals surface area (Å²) >= 11 is 5.09. The van der Waals surface area contributed by atoms with E-state index in [-0.39, 0.29) is 0 Å². The van der Waals surface area contributed by atoms with Crippen molar-refractivity contribution in [3.63, 3.8) is 0 Å². The lowest BCUT2D eigenvalue weighted by molar-refractivity contribution is 0.942. The topological polar surface area (TPSA) is 42.2 Å². The van der Waals surface area contributed by atoms with Crippen molar-refractivity contribution in [1.82, 2.24) is 4.98 Å². The summed E-state index contributed by atoms with van der Waals surface area (Å²) in [6.07, 6.45) is 0. The van der Waals surface area contributed by atoms with Crippen LogP contribution in [0.3, 0.4) is 0 Å². The second-order valence-corrected chi connectivity index (χ2v) is 4.37. The molecule has 0 amide bonds. The highest BCUT2D eigenvalue weighted by atomic mass is 32.1. The first kappa shape index (κ1) is 11.8. The Morgan fingerprint density at radius 1 is 1.41 bits per heavy atom. The van der Waals surface area contributed by atoms with Gasteiger partial charge in [0.2, 0.25) is 0 Å². The van der Waals surface area contributed by atoms with Crippen molar-refractivity contribution in [2.24, 2.45) is 5.73 Å². The largest absolute Gasteiger partial charge is 0.389 e. The molecule has 0 bridgehead atoms. The van der Waals surface area contributed by atoms with E-state index in [1.807, 2.05) is 42.3 Å². The van der Waals surface area contributed by atoms with Crippen LogP contribution in [0.5, 0.6) is 0 Å². The maximum atomic E-state index is 5.76. The Hall–Kier alpha value is -1.68. The van der Waals surface area contributed by atoms with Gasteiger partial charge in [-0.15, -0.1) is 0 Å². The van der Waals surface area contributed by atoms with Crippen LogP contribution in [0.15, 0.2) is 30.3 Å². The fraction of sp³-hybridized carbons (Fsp3) is 0.231. The van der Waals surface area contributed by atoms with Crippen molar-refractivity contribution in [3.8, 4) is 0 Å². The van der Waals surface area contributed by atoms with Crippen molar-refractivity contribution in [2.45, 2.75) is 6.92 Å². The molecule has 17 heavy (non-hydrogen) atoms. The molecule has 0 aliphatic heterocycles. The van der Waals surface area contributed by atoms with Crippen molar-refractivity contribution in [2.75, 3.05) is 18.5 Å². The van der Waals surface area contributed by atoms with Crippen LogP contribution in [-0.4, -0.2) is 23.6 Å². The highest BCUT2D eigenvalue weighted by Gasteiger charge is 2.11. The molecule has 0 fully saturated rings. The minimum atomic E-state index is 0.388. The van der Waals surface area contributed by atoms with E-state index in [1.54, 1.807) is 0 Å². The highest BCUT2D eigenvalue weighted by molar-refractivity contribution is 7.80. The summed E-state index contributed by atoms with van der Waals surface area (Å²) in [7, 11) is 1.98. The molecule has 0 spiro atoms. The molecule has 0 saturated heterocycles. The quantitative estimate of drug-likeness (QED) is 0.843. The Bertz CT molecular complexity index is 566. The van der Waals surface area contributed by atoms with Gasteiger partial charge in [-0.2, -0.15) is 0 Å². The number of para-hydroxylation sites is 1. The minimum absolute atomic E-state index is 0.388. The van der Waals surface area contributed by atoms with Crippen molar-refractivity contribution < 1.29 is 0 Å². The van der Waals surface area contributed by atoms with Gasteiger partial charge >= 0.3 is 0 Å². The summed E-state index contributed by atoms with van der Waals surface area (Å²) in [6.45, 7) is 2.93. The van der Waals surface area contributed by atoms with E-state index >= 15 is 0 Å². The van der Waals surface area contributed by atoms with E-state index in [4.69, 9.17) is 18.0 Å². The van der Waals surface area contributed by atoms with Gasteiger partial charge in [0.1, 0.15) is 10.8 Å². The molecule has 4 heteroatoms. The maximum absolute atomic E-state index is 5.76. The van der Waals surface area contributed by atoms with E-state index in [1.165, 1.54) is 0 Å². The molecular weight excluding hydrogens is 230 g/mol. The van der Waals surface area contributed by atoms with Crippen LogP contribution in [-0.2, 0) is 0 Å². The van der Waals surface area contributed by atoms with Crippen molar-refractivity contribution >= 4 is 33.9 Å². The molecule has 0 aliphatic carbocycles. The van der Waals surface area contributed by atoms with Gasteiger partial charge in [-0.3, -0.25) is 0 Å². The number of hydrogen-bond acceptors (Lipinski definition) is 3. The zero-order valence-corrected chi connectivity index (χ0v) is 10.8. The minimum Gasteiger partial charge on any atom is -0.389 e. The van der Waals surface area contributed by atoms with Gasteiger partial charge in [-0.05, 0) is 19.1 Å². The summed E-state index contributed by atoms with van der Waals surface area (Å²) in [6, 6.07) is 9.97. The third kappa shape index (κ3) is 2.22. The molecule has 2 N–H and O–H groups in total. The maximum Gasteiger partial charge on any atom is 0.139 e. The zero-order chi connectivity index (χ0) is 12.4. The molecule has 2 aromatic rings. The van der Waals surface area contributed by atoms with Crippen molar-refractivity contribution in [3.05, 3.63) is 35.9 Å². The monoisotopic (exact) mass is 245 g/mol. The fourth-order valence-electron chi connectivity index (χ4n) is 1.73. The number of hydrogen-bond donors (Lipinski definition) is 1. The Kier molecular flexibility index (Phi) is 3.24. The summed E-state index contributed by atoms with van der Waals surface area (Å²) in [4.78, 5) is 7.06. The SMILES string of the molecule is CCN(C)c1nc2ccccc2cc1C(N)=S. The van der Waals surface area contributed by atoms with Gasteiger partial charge in [0.25, 0.3) is 0 Å². The first-order valence-corrected chi connectivity index (χ1v) is 5.95. The number of rotatable bonds is 3. The number of anilines is 1. The van der Waals surface area contributed by atoms with E-state index in [0.29, 0.717) is 4.99 Å². The van der Waals surface area contributed by atoms with E-state index < -0.39 is 0 Å². The van der Waals surface area contributed by atoms with Gasteiger partial charge in [0, 0.05) is 19.0 Å². The van der Waals surface area contributed by atoms with E-state index in [2.05, 4.69) is 11.9 Å². The Morgan fingerprint density at radius 2 is 2.12 bits per heavy atom. The molecule has 0 aliphatic rings. The number of pyridine rings is 1. The summed E-state index contributed by atoms with van der Waals surface area (Å²) in [5.41, 5.74) is 7.56. The molecule has 0 unspecified atom stereocenters. The van der Waals surface area contributed by atoms with E-state index in [0.717, 1.165) is 28.8 Å². The van der Waals surface area contributed by atoms with Crippen LogP contribution >= 0.6 is 12.2 Å². The molecule has 0 radical (unpaired) electrons. The first-order chi connectivity index (χ1) is 8.13. The number of thiocarbonyl (C=S) groups is 1. The molecule has 88 valence electrons. The predicted molar refractivity (Wildman–Crippen MR) is 76.6 cm³/mol. The van der Waals surface area contributed by atoms with Gasteiger partial charge in [0.05, 0.1) is 11.1 Å². The number of nitrogens with two attached hydrogens (primary N) is 1. The van der Waals surface area contributed by atoms with E-state index in [9.17, 15) is 0 Å². The lowest BCUT2D eigenvalue weighted by Crippen LogP contribution is -2.22. The fourth-order valence-corrected chi connectivity index (χ4v) is 1.88. The number of aromatic nitrogens is 1. The van der Waals surface area contributed by atoms with Crippen LogP contribution < -0.4 is 10.6 Å². The standard InChI is InChI=1S/C13H15N3S/c1-3-16(2)13-10(12(14)17)8-9-6-4-5-7-11(9)15-13/h4-8H,3H2,1-2H3,(H2,14,17). The molecule has 1 aromatic heterocycles. The average molecular weight is 245 g/mol.